The lowest BCUT2D eigenvalue weighted by molar-refractivity contribution is -0.338. The van der Waals surface area contributed by atoms with Gasteiger partial charge in [-0.3, -0.25) is 0 Å². The summed E-state index contributed by atoms with van der Waals surface area (Å²) in [6, 6.07) is 36.4. The first-order valence-corrected chi connectivity index (χ1v) is 19.9. The van der Waals surface area contributed by atoms with Gasteiger partial charge < -0.3 is 52.1 Å². The van der Waals surface area contributed by atoms with Gasteiger partial charge in [0.05, 0.1) is 30.9 Å². The van der Waals surface area contributed by atoms with Crippen LogP contribution in [0.5, 0.6) is 0 Å². The first-order valence-electron chi connectivity index (χ1n) is 19.9. The van der Waals surface area contributed by atoms with E-state index in [1.54, 1.807) is 68.4 Å². The first-order chi connectivity index (χ1) is 28.5. The standard InChI is InChI=1S/C46H50O13/c1-45(2)52-28-34(57-45)36-38(40-44(55-36)59-46(3,4)58-40)56-43-39(50-26-30-19-11-6-12-20-30)37(49-25-29-17-9-5-10-18-29)35(54-42(48)32-23-15-8-16-24-32)33(53-43)27-51-41(47)31-21-13-7-14-22-31/h5-24,33-40,43-44H,25-28H2,1-4H3/t33-,34-,35+,36-,37+,38+,39-,40-,43-,44-/m1/s1. The van der Waals surface area contributed by atoms with Gasteiger partial charge >= 0.3 is 11.9 Å². The fourth-order valence-corrected chi connectivity index (χ4v) is 7.74. The molecule has 0 N–H and O–H groups in total. The third-order valence-electron chi connectivity index (χ3n) is 10.5. The molecular weight excluding hydrogens is 760 g/mol. The summed E-state index contributed by atoms with van der Waals surface area (Å²) in [7, 11) is 0. The first kappa shape index (κ1) is 41.2. The maximum absolute atomic E-state index is 13.9. The zero-order valence-corrected chi connectivity index (χ0v) is 33.5. The average molecular weight is 811 g/mol. The van der Waals surface area contributed by atoms with Gasteiger partial charge in [-0.1, -0.05) is 97.1 Å². The number of hydrogen-bond acceptors (Lipinski definition) is 13. The highest BCUT2D eigenvalue weighted by Crippen LogP contribution is 2.44. The molecule has 4 aliphatic rings. The summed E-state index contributed by atoms with van der Waals surface area (Å²) in [6.45, 7) is 7.43. The molecular formula is C46H50O13. The molecule has 13 heteroatoms. The second-order valence-electron chi connectivity index (χ2n) is 15.8. The third-order valence-corrected chi connectivity index (χ3v) is 10.5. The average Bonchev–Trinajstić information content (AvgIpc) is 3.88. The van der Waals surface area contributed by atoms with E-state index in [4.69, 9.17) is 52.1 Å². The van der Waals surface area contributed by atoms with Crippen molar-refractivity contribution in [2.75, 3.05) is 13.2 Å². The second kappa shape index (κ2) is 18.0. The predicted molar refractivity (Wildman–Crippen MR) is 210 cm³/mol. The number of carbonyl (C=O) groups excluding carboxylic acids is 2. The molecule has 8 rings (SSSR count). The van der Waals surface area contributed by atoms with Crippen molar-refractivity contribution in [3.63, 3.8) is 0 Å². The Morgan fingerprint density at radius 3 is 1.73 bits per heavy atom. The van der Waals surface area contributed by atoms with Gasteiger partial charge in [-0.2, -0.15) is 0 Å². The summed E-state index contributed by atoms with van der Waals surface area (Å²) in [5.41, 5.74) is 2.40. The normalized spacial score (nSPS) is 30.7. The molecule has 10 atom stereocenters. The maximum Gasteiger partial charge on any atom is 0.338 e. The number of carbonyl (C=O) groups is 2. The number of fused-ring (bicyclic) bond motifs is 1. The molecule has 4 aliphatic heterocycles. The van der Waals surface area contributed by atoms with Crippen LogP contribution in [0.1, 0.15) is 59.5 Å². The molecule has 4 fully saturated rings. The van der Waals surface area contributed by atoms with Gasteiger partial charge in [0.1, 0.15) is 49.3 Å². The molecule has 4 aromatic carbocycles. The highest BCUT2D eigenvalue weighted by Gasteiger charge is 2.61. The van der Waals surface area contributed by atoms with Crippen LogP contribution in [0.3, 0.4) is 0 Å². The Hall–Kier alpha value is -4.54. The van der Waals surface area contributed by atoms with Crippen molar-refractivity contribution in [1.29, 1.82) is 0 Å². The fraction of sp³-hybridized carbons (Fsp3) is 0.435. The molecule has 0 spiro atoms. The molecule has 0 saturated carbocycles. The number of ether oxygens (including phenoxy) is 11. The Morgan fingerprint density at radius 1 is 0.593 bits per heavy atom. The topological polar surface area (TPSA) is 136 Å². The van der Waals surface area contributed by atoms with Crippen LogP contribution >= 0.6 is 0 Å². The van der Waals surface area contributed by atoms with Crippen LogP contribution in [0, 0.1) is 0 Å². The Kier molecular flexibility index (Phi) is 12.6. The summed E-state index contributed by atoms with van der Waals surface area (Å²) in [4.78, 5) is 27.3. The largest absolute Gasteiger partial charge is 0.459 e. The van der Waals surface area contributed by atoms with Crippen LogP contribution in [-0.2, 0) is 65.3 Å². The monoisotopic (exact) mass is 810 g/mol. The number of rotatable bonds is 14. The molecule has 59 heavy (non-hydrogen) atoms. The van der Waals surface area contributed by atoms with Gasteiger partial charge in [0, 0.05) is 0 Å². The molecule has 0 aromatic heterocycles. The molecule has 4 aromatic rings. The quantitative estimate of drug-likeness (QED) is 0.131. The minimum Gasteiger partial charge on any atom is -0.459 e. The molecule has 4 heterocycles. The molecule has 0 aliphatic carbocycles. The highest BCUT2D eigenvalue weighted by molar-refractivity contribution is 5.90. The molecule has 0 bridgehead atoms. The minimum atomic E-state index is -1.22. The molecule has 13 nitrogen and oxygen atoms in total. The van der Waals surface area contributed by atoms with Gasteiger partial charge in [-0.05, 0) is 63.1 Å². The van der Waals surface area contributed by atoms with Gasteiger partial charge in [0.2, 0.25) is 0 Å². The molecule has 0 radical (unpaired) electrons. The summed E-state index contributed by atoms with van der Waals surface area (Å²) >= 11 is 0. The fourth-order valence-electron chi connectivity index (χ4n) is 7.74. The predicted octanol–water partition coefficient (Wildman–Crippen LogP) is 6.38. The summed E-state index contributed by atoms with van der Waals surface area (Å²) in [5.74, 6) is -3.05. The van der Waals surface area contributed by atoms with Gasteiger partial charge in [0.15, 0.2) is 30.3 Å². The van der Waals surface area contributed by atoms with Gasteiger partial charge in [0.25, 0.3) is 0 Å². The van der Waals surface area contributed by atoms with Crippen molar-refractivity contribution >= 4 is 11.9 Å². The van der Waals surface area contributed by atoms with Crippen molar-refractivity contribution in [3.05, 3.63) is 144 Å². The lowest BCUT2D eigenvalue weighted by atomic mass is 9.97. The van der Waals surface area contributed by atoms with Crippen molar-refractivity contribution in [3.8, 4) is 0 Å². The van der Waals surface area contributed by atoms with E-state index in [2.05, 4.69) is 0 Å². The van der Waals surface area contributed by atoms with E-state index < -0.39 is 84.9 Å². The SMILES string of the molecule is CC1(C)O[C@H]2O[C@H]([C@H]3COC(C)(C)O3)[C@H](O[C@H]3O[C@H](COC(=O)c4ccccc4)[C@H](OC(=O)c4ccccc4)[C@H](OCc4ccccc4)[C@H]3OCc3ccccc3)[C@H]2O1. The Bertz CT molecular complexity index is 1980. The van der Waals surface area contributed by atoms with Crippen molar-refractivity contribution in [1.82, 2.24) is 0 Å². The molecule has 4 saturated heterocycles. The van der Waals surface area contributed by atoms with E-state index in [1.165, 1.54) is 0 Å². The number of esters is 2. The van der Waals surface area contributed by atoms with Crippen LogP contribution in [0.15, 0.2) is 121 Å². The zero-order valence-electron chi connectivity index (χ0n) is 33.5. The lowest BCUT2D eigenvalue weighted by Crippen LogP contribution is -2.63. The van der Waals surface area contributed by atoms with Crippen LogP contribution in [-0.4, -0.2) is 98.1 Å². The molecule has 0 amide bonds. The summed E-state index contributed by atoms with van der Waals surface area (Å²) in [6.07, 6.45) is -9.10. The zero-order chi connectivity index (χ0) is 41.0. The van der Waals surface area contributed by atoms with Crippen molar-refractivity contribution in [2.24, 2.45) is 0 Å². The number of benzene rings is 4. The van der Waals surface area contributed by atoms with Crippen molar-refractivity contribution in [2.45, 2.75) is 114 Å². The van der Waals surface area contributed by atoms with E-state index in [-0.39, 0.29) is 26.4 Å². The molecule has 312 valence electrons. The van der Waals surface area contributed by atoms with Crippen LogP contribution in [0.2, 0.25) is 0 Å². The summed E-state index contributed by atoms with van der Waals surface area (Å²) in [5, 5.41) is 0. The Morgan fingerprint density at radius 2 is 1.15 bits per heavy atom. The summed E-state index contributed by atoms with van der Waals surface area (Å²) < 4.78 is 70.9. The molecule has 0 unspecified atom stereocenters. The Labute approximate surface area is 343 Å². The van der Waals surface area contributed by atoms with E-state index >= 15 is 0 Å². The lowest BCUT2D eigenvalue weighted by Gasteiger charge is -2.46. The van der Waals surface area contributed by atoms with E-state index in [9.17, 15) is 9.59 Å². The van der Waals surface area contributed by atoms with Gasteiger partial charge in [-0.15, -0.1) is 0 Å². The third kappa shape index (κ3) is 9.92. The van der Waals surface area contributed by atoms with Crippen LogP contribution in [0.25, 0.3) is 0 Å². The van der Waals surface area contributed by atoms with Crippen molar-refractivity contribution < 1.29 is 61.7 Å². The second-order valence-corrected chi connectivity index (χ2v) is 15.8. The van der Waals surface area contributed by atoms with E-state index in [0.29, 0.717) is 11.1 Å². The van der Waals surface area contributed by atoms with Crippen LogP contribution in [0.4, 0.5) is 0 Å². The number of hydrogen-bond donors (Lipinski definition) is 0. The smallest absolute Gasteiger partial charge is 0.338 e. The maximum atomic E-state index is 13.9. The van der Waals surface area contributed by atoms with E-state index in [0.717, 1.165) is 11.1 Å². The highest BCUT2D eigenvalue weighted by atomic mass is 16.9. The van der Waals surface area contributed by atoms with Crippen LogP contribution < -0.4 is 0 Å². The van der Waals surface area contributed by atoms with E-state index in [1.807, 2.05) is 80.6 Å². The van der Waals surface area contributed by atoms with Gasteiger partial charge in [-0.25, -0.2) is 9.59 Å². The minimum absolute atomic E-state index is 0.118. The Balaban J connectivity index is 1.17.